The summed E-state index contributed by atoms with van der Waals surface area (Å²) in [6.45, 7) is 2.19. The molecule has 8 nitrogen and oxygen atoms in total. The number of hydrogen-bond acceptors (Lipinski definition) is 5. The quantitative estimate of drug-likeness (QED) is 0.752. The van der Waals surface area contributed by atoms with Gasteiger partial charge in [-0.15, -0.1) is 10.2 Å². The fourth-order valence-electron chi connectivity index (χ4n) is 1.64. The molecule has 0 fully saturated rings. The summed E-state index contributed by atoms with van der Waals surface area (Å²) in [7, 11) is 0. The number of nitrogens with one attached hydrogen (secondary N) is 2. The zero-order valence-electron chi connectivity index (χ0n) is 11.6. The Balaban J connectivity index is 1.88. The van der Waals surface area contributed by atoms with Gasteiger partial charge in [0.2, 0.25) is 17.6 Å². The van der Waals surface area contributed by atoms with Crippen LogP contribution in [-0.4, -0.2) is 45.1 Å². The lowest BCUT2D eigenvalue weighted by Crippen LogP contribution is -2.38. The van der Waals surface area contributed by atoms with Crippen molar-refractivity contribution in [2.75, 3.05) is 13.1 Å². The summed E-state index contributed by atoms with van der Waals surface area (Å²) in [5.74, 6) is -0.132. The molecule has 0 aliphatic carbocycles. The molecule has 0 aliphatic rings. The number of carbonyl (C=O) groups is 2. The van der Waals surface area contributed by atoms with Gasteiger partial charge >= 0.3 is 0 Å². The molecular formula is C13H16N6O2. The van der Waals surface area contributed by atoms with Crippen molar-refractivity contribution in [3.05, 3.63) is 30.3 Å². The van der Waals surface area contributed by atoms with Crippen LogP contribution in [-0.2, 0) is 16.1 Å². The van der Waals surface area contributed by atoms with Crippen LogP contribution < -0.4 is 10.6 Å². The number of nitrogens with zero attached hydrogens (tertiary/aromatic N) is 4. The Bertz CT molecular complexity index is 610. The van der Waals surface area contributed by atoms with E-state index in [1.165, 1.54) is 4.80 Å². The van der Waals surface area contributed by atoms with Gasteiger partial charge in [0, 0.05) is 12.1 Å². The summed E-state index contributed by atoms with van der Waals surface area (Å²) in [4.78, 5) is 24.0. The van der Waals surface area contributed by atoms with Crippen LogP contribution in [0.25, 0.3) is 11.4 Å². The minimum absolute atomic E-state index is 0.0626. The number of likely N-dealkylation sites (N-methyl/N-ethyl adjacent to an activating group) is 1. The second-order valence-electron chi connectivity index (χ2n) is 4.24. The fraction of sp³-hybridized carbons (Fsp3) is 0.308. The molecule has 110 valence electrons. The third-order valence-corrected chi connectivity index (χ3v) is 2.59. The van der Waals surface area contributed by atoms with E-state index in [0.717, 1.165) is 5.56 Å². The molecule has 0 atom stereocenters. The highest BCUT2D eigenvalue weighted by Crippen LogP contribution is 2.11. The number of carbonyl (C=O) groups excluding carboxylic acids is 2. The van der Waals surface area contributed by atoms with Crippen molar-refractivity contribution in [1.82, 2.24) is 30.8 Å². The maximum absolute atomic E-state index is 11.6. The topological polar surface area (TPSA) is 102 Å². The van der Waals surface area contributed by atoms with E-state index in [2.05, 4.69) is 26.0 Å². The van der Waals surface area contributed by atoms with Crippen LogP contribution in [0.15, 0.2) is 30.3 Å². The van der Waals surface area contributed by atoms with Crippen molar-refractivity contribution in [3.63, 3.8) is 0 Å². The number of tetrazole rings is 1. The van der Waals surface area contributed by atoms with E-state index in [1.807, 2.05) is 37.3 Å². The number of benzene rings is 1. The molecule has 1 aromatic carbocycles. The number of rotatable bonds is 6. The van der Waals surface area contributed by atoms with Crippen molar-refractivity contribution >= 4 is 11.8 Å². The number of aromatic nitrogens is 4. The van der Waals surface area contributed by atoms with Crippen molar-refractivity contribution in [3.8, 4) is 11.4 Å². The highest BCUT2D eigenvalue weighted by molar-refractivity contribution is 5.84. The first kappa shape index (κ1) is 14.6. The standard InChI is InChI=1S/C13H16N6O2/c1-2-14-11(20)8-15-12(21)9-19-17-13(16-18-19)10-6-4-3-5-7-10/h3-7H,2,8-9H2,1H3,(H,14,20)(H,15,21). The minimum Gasteiger partial charge on any atom is -0.355 e. The highest BCUT2D eigenvalue weighted by Gasteiger charge is 2.09. The van der Waals surface area contributed by atoms with Crippen LogP contribution in [0.1, 0.15) is 6.92 Å². The maximum atomic E-state index is 11.6. The Morgan fingerprint density at radius 3 is 2.62 bits per heavy atom. The van der Waals surface area contributed by atoms with Crippen LogP contribution in [0.4, 0.5) is 0 Å². The number of amides is 2. The van der Waals surface area contributed by atoms with Gasteiger partial charge in [-0.05, 0) is 12.1 Å². The summed E-state index contributed by atoms with van der Waals surface area (Å²) in [5, 5.41) is 16.9. The van der Waals surface area contributed by atoms with Gasteiger partial charge in [0.05, 0.1) is 6.54 Å². The van der Waals surface area contributed by atoms with Gasteiger partial charge in [-0.25, -0.2) is 0 Å². The summed E-state index contributed by atoms with van der Waals surface area (Å²) in [6.07, 6.45) is 0. The second kappa shape index (κ2) is 7.13. The molecule has 2 N–H and O–H groups in total. The van der Waals surface area contributed by atoms with Crippen molar-refractivity contribution < 1.29 is 9.59 Å². The lowest BCUT2D eigenvalue weighted by atomic mass is 10.2. The van der Waals surface area contributed by atoms with Crippen molar-refractivity contribution in [2.45, 2.75) is 13.5 Å². The van der Waals surface area contributed by atoms with E-state index in [-0.39, 0.29) is 24.9 Å². The first-order valence-electron chi connectivity index (χ1n) is 6.55. The Kier molecular flexibility index (Phi) is 4.97. The van der Waals surface area contributed by atoms with E-state index in [1.54, 1.807) is 0 Å². The molecule has 2 rings (SSSR count). The summed E-state index contributed by atoms with van der Waals surface area (Å²) in [5.41, 5.74) is 0.825. The second-order valence-corrected chi connectivity index (χ2v) is 4.24. The Morgan fingerprint density at radius 1 is 1.14 bits per heavy atom. The summed E-state index contributed by atoms with van der Waals surface area (Å²) >= 11 is 0. The molecule has 0 saturated carbocycles. The summed E-state index contributed by atoms with van der Waals surface area (Å²) < 4.78 is 0. The van der Waals surface area contributed by atoms with Gasteiger partial charge in [0.1, 0.15) is 6.54 Å². The molecule has 21 heavy (non-hydrogen) atoms. The van der Waals surface area contributed by atoms with Crippen LogP contribution in [0.5, 0.6) is 0 Å². The SMILES string of the molecule is CCNC(=O)CNC(=O)Cn1nnc(-c2ccccc2)n1. The Labute approximate surface area is 121 Å². The average Bonchev–Trinajstić information content (AvgIpc) is 2.95. The van der Waals surface area contributed by atoms with E-state index in [4.69, 9.17) is 0 Å². The van der Waals surface area contributed by atoms with Crippen molar-refractivity contribution in [1.29, 1.82) is 0 Å². The van der Waals surface area contributed by atoms with Gasteiger partial charge in [0.25, 0.3) is 0 Å². The average molecular weight is 288 g/mol. The monoisotopic (exact) mass is 288 g/mol. The van der Waals surface area contributed by atoms with Gasteiger partial charge in [-0.1, -0.05) is 30.3 Å². The molecule has 0 saturated heterocycles. The number of hydrogen-bond donors (Lipinski definition) is 2. The first-order valence-corrected chi connectivity index (χ1v) is 6.55. The predicted molar refractivity (Wildman–Crippen MR) is 74.9 cm³/mol. The first-order chi connectivity index (χ1) is 10.2. The molecule has 8 heteroatoms. The van der Waals surface area contributed by atoms with Crippen LogP contribution >= 0.6 is 0 Å². The van der Waals surface area contributed by atoms with Gasteiger partial charge < -0.3 is 10.6 Å². The van der Waals surface area contributed by atoms with E-state index in [9.17, 15) is 9.59 Å². The van der Waals surface area contributed by atoms with Gasteiger partial charge in [-0.2, -0.15) is 4.80 Å². The molecule has 0 aliphatic heterocycles. The smallest absolute Gasteiger partial charge is 0.244 e. The van der Waals surface area contributed by atoms with E-state index in [0.29, 0.717) is 12.4 Å². The lowest BCUT2D eigenvalue weighted by Gasteiger charge is -2.04. The normalized spacial score (nSPS) is 10.1. The molecular weight excluding hydrogens is 272 g/mol. The predicted octanol–water partition coefficient (Wildman–Crippen LogP) is -0.408. The molecule has 0 unspecified atom stereocenters. The Morgan fingerprint density at radius 2 is 1.90 bits per heavy atom. The van der Waals surface area contributed by atoms with E-state index < -0.39 is 0 Å². The molecule has 1 heterocycles. The molecule has 1 aromatic heterocycles. The molecule has 2 amide bonds. The maximum Gasteiger partial charge on any atom is 0.244 e. The van der Waals surface area contributed by atoms with Crippen LogP contribution in [0, 0.1) is 0 Å². The zero-order valence-corrected chi connectivity index (χ0v) is 11.6. The van der Waals surface area contributed by atoms with Gasteiger partial charge in [0.15, 0.2) is 0 Å². The van der Waals surface area contributed by atoms with E-state index >= 15 is 0 Å². The summed E-state index contributed by atoms with van der Waals surface area (Å²) in [6, 6.07) is 9.35. The zero-order chi connectivity index (χ0) is 15.1. The van der Waals surface area contributed by atoms with Crippen LogP contribution in [0.3, 0.4) is 0 Å². The molecule has 0 spiro atoms. The van der Waals surface area contributed by atoms with Crippen LogP contribution in [0.2, 0.25) is 0 Å². The van der Waals surface area contributed by atoms with Gasteiger partial charge in [-0.3, -0.25) is 9.59 Å². The third-order valence-electron chi connectivity index (χ3n) is 2.59. The molecule has 0 radical (unpaired) electrons. The molecule has 0 bridgehead atoms. The molecule has 2 aromatic rings. The highest BCUT2D eigenvalue weighted by atomic mass is 16.2. The third kappa shape index (κ3) is 4.37. The Hall–Kier alpha value is -2.77. The lowest BCUT2D eigenvalue weighted by molar-refractivity contribution is -0.126. The fourth-order valence-corrected chi connectivity index (χ4v) is 1.64. The minimum atomic E-state index is -0.349. The largest absolute Gasteiger partial charge is 0.355 e. The van der Waals surface area contributed by atoms with Crippen molar-refractivity contribution in [2.24, 2.45) is 0 Å².